The van der Waals surface area contributed by atoms with E-state index in [1.807, 2.05) is 6.20 Å². The third-order valence-corrected chi connectivity index (χ3v) is 5.59. The van der Waals surface area contributed by atoms with Gasteiger partial charge in [-0.1, -0.05) is 0 Å². The van der Waals surface area contributed by atoms with Gasteiger partial charge in [-0.05, 0) is 63.5 Å². The van der Waals surface area contributed by atoms with Crippen LogP contribution >= 0.6 is 0 Å². The maximum atomic E-state index is 4.65. The Labute approximate surface area is 149 Å². The van der Waals surface area contributed by atoms with E-state index in [9.17, 15) is 0 Å². The van der Waals surface area contributed by atoms with E-state index < -0.39 is 0 Å². The number of fused-ring (bicyclic) bond motifs is 1. The molecule has 3 heterocycles. The van der Waals surface area contributed by atoms with Crippen LogP contribution in [0.1, 0.15) is 38.6 Å². The van der Waals surface area contributed by atoms with Gasteiger partial charge in [0.15, 0.2) is 11.0 Å². The van der Waals surface area contributed by atoms with Crippen molar-refractivity contribution in [1.29, 1.82) is 0 Å². The average molecular weight is 338 g/mol. The molecular weight excluding hydrogens is 310 g/mol. The van der Waals surface area contributed by atoms with Crippen LogP contribution in [0.5, 0.6) is 0 Å². The molecule has 0 spiro atoms. The zero-order chi connectivity index (χ0) is 17.4. The fourth-order valence-electron chi connectivity index (χ4n) is 4.20. The number of aryl methyl sites for hydroxylation is 2. The molecule has 0 atom stereocenters. The predicted molar refractivity (Wildman–Crippen MR) is 101 cm³/mol. The lowest BCUT2D eigenvalue weighted by molar-refractivity contribution is -0.674. The SMILES string of the molecule is CCn1c(C)[n+](CC)c2ccc(-c3cnn(C4CCNCC4)c3)cc21. The molecule has 25 heavy (non-hydrogen) atoms. The van der Waals surface area contributed by atoms with Gasteiger partial charge in [0.25, 0.3) is 5.82 Å². The van der Waals surface area contributed by atoms with Crippen LogP contribution in [0.25, 0.3) is 22.2 Å². The lowest BCUT2D eigenvalue weighted by Crippen LogP contribution is -2.34. The molecule has 5 nitrogen and oxygen atoms in total. The normalized spacial score (nSPS) is 16.0. The number of imidazole rings is 1. The van der Waals surface area contributed by atoms with Gasteiger partial charge in [0.05, 0.1) is 25.3 Å². The first-order valence-corrected chi connectivity index (χ1v) is 9.50. The van der Waals surface area contributed by atoms with Crippen molar-refractivity contribution >= 4 is 11.0 Å². The first-order chi connectivity index (χ1) is 12.2. The van der Waals surface area contributed by atoms with Crippen LogP contribution < -0.4 is 9.88 Å². The van der Waals surface area contributed by atoms with Crippen molar-refractivity contribution in [3.8, 4) is 11.1 Å². The second-order valence-electron chi connectivity index (χ2n) is 6.93. The van der Waals surface area contributed by atoms with E-state index >= 15 is 0 Å². The third kappa shape index (κ3) is 2.76. The van der Waals surface area contributed by atoms with Crippen LogP contribution in [-0.4, -0.2) is 27.4 Å². The maximum Gasteiger partial charge on any atom is 0.254 e. The Morgan fingerprint density at radius 3 is 2.72 bits per heavy atom. The summed E-state index contributed by atoms with van der Waals surface area (Å²) in [6.45, 7) is 10.8. The molecule has 0 bridgehead atoms. The number of nitrogens with zero attached hydrogens (tertiary/aromatic N) is 4. The number of benzene rings is 1. The Hall–Kier alpha value is -2.14. The molecule has 5 heteroatoms. The second kappa shape index (κ2) is 6.64. The predicted octanol–water partition coefficient (Wildman–Crippen LogP) is 3.07. The van der Waals surface area contributed by atoms with E-state index in [1.165, 1.54) is 28.0 Å². The minimum atomic E-state index is 0.530. The summed E-state index contributed by atoms with van der Waals surface area (Å²) in [5.41, 5.74) is 5.10. The molecule has 1 saturated heterocycles. The monoisotopic (exact) mass is 338 g/mol. The van der Waals surface area contributed by atoms with E-state index in [0.29, 0.717) is 6.04 Å². The van der Waals surface area contributed by atoms with Crippen LogP contribution in [0.4, 0.5) is 0 Å². The molecule has 3 aromatic rings. The fourth-order valence-corrected chi connectivity index (χ4v) is 4.20. The highest BCUT2D eigenvalue weighted by Crippen LogP contribution is 2.26. The number of aromatic nitrogens is 4. The number of rotatable bonds is 4. The van der Waals surface area contributed by atoms with Crippen molar-refractivity contribution in [2.24, 2.45) is 0 Å². The van der Waals surface area contributed by atoms with E-state index in [0.717, 1.165) is 39.0 Å². The van der Waals surface area contributed by atoms with Crippen LogP contribution in [0.2, 0.25) is 0 Å². The van der Waals surface area contributed by atoms with Crippen molar-refractivity contribution in [2.45, 2.75) is 52.7 Å². The zero-order valence-corrected chi connectivity index (χ0v) is 15.5. The van der Waals surface area contributed by atoms with Gasteiger partial charge >= 0.3 is 0 Å². The van der Waals surface area contributed by atoms with Crippen molar-refractivity contribution in [3.63, 3.8) is 0 Å². The first kappa shape index (κ1) is 16.3. The third-order valence-electron chi connectivity index (χ3n) is 5.59. The van der Waals surface area contributed by atoms with Crippen LogP contribution in [0, 0.1) is 6.92 Å². The van der Waals surface area contributed by atoms with E-state index in [4.69, 9.17) is 0 Å². The highest BCUT2D eigenvalue weighted by atomic mass is 15.3. The summed E-state index contributed by atoms with van der Waals surface area (Å²) in [7, 11) is 0. The van der Waals surface area contributed by atoms with Gasteiger partial charge in [0.1, 0.15) is 0 Å². The van der Waals surface area contributed by atoms with Gasteiger partial charge in [0, 0.05) is 18.7 Å². The Morgan fingerprint density at radius 1 is 1.20 bits per heavy atom. The molecule has 0 aliphatic carbocycles. The quantitative estimate of drug-likeness (QED) is 0.743. The minimum Gasteiger partial charge on any atom is -0.317 e. The van der Waals surface area contributed by atoms with Gasteiger partial charge < -0.3 is 5.32 Å². The minimum absolute atomic E-state index is 0.530. The molecule has 0 radical (unpaired) electrons. The number of nitrogens with one attached hydrogen (secondary N) is 1. The number of hydrogen-bond acceptors (Lipinski definition) is 2. The Morgan fingerprint density at radius 2 is 2.00 bits per heavy atom. The molecule has 1 aliphatic rings. The molecule has 1 fully saturated rings. The number of hydrogen-bond donors (Lipinski definition) is 1. The summed E-state index contributed by atoms with van der Waals surface area (Å²) in [4.78, 5) is 0. The summed E-state index contributed by atoms with van der Waals surface area (Å²) in [6, 6.07) is 7.34. The molecule has 1 aliphatic heterocycles. The van der Waals surface area contributed by atoms with Crippen molar-refractivity contribution in [3.05, 3.63) is 36.4 Å². The van der Waals surface area contributed by atoms with Gasteiger partial charge in [0.2, 0.25) is 0 Å². The summed E-state index contributed by atoms with van der Waals surface area (Å²) in [6.07, 6.45) is 6.56. The molecule has 0 saturated carbocycles. The summed E-state index contributed by atoms with van der Waals surface area (Å²) in [5, 5.41) is 8.08. The summed E-state index contributed by atoms with van der Waals surface area (Å²) in [5.74, 6) is 1.32. The lowest BCUT2D eigenvalue weighted by Gasteiger charge is -2.22. The largest absolute Gasteiger partial charge is 0.317 e. The molecule has 132 valence electrons. The highest BCUT2D eigenvalue weighted by Gasteiger charge is 2.21. The summed E-state index contributed by atoms with van der Waals surface area (Å²) >= 11 is 0. The molecule has 1 aromatic carbocycles. The van der Waals surface area contributed by atoms with Crippen LogP contribution in [-0.2, 0) is 13.1 Å². The molecule has 1 N–H and O–H groups in total. The zero-order valence-electron chi connectivity index (χ0n) is 15.5. The average Bonchev–Trinajstić information content (AvgIpc) is 3.24. The molecule has 2 aromatic heterocycles. The molecule has 0 unspecified atom stereocenters. The van der Waals surface area contributed by atoms with Gasteiger partial charge in [-0.15, -0.1) is 0 Å². The summed E-state index contributed by atoms with van der Waals surface area (Å²) < 4.78 is 6.96. The molecular formula is C20H28N5+. The first-order valence-electron chi connectivity index (χ1n) is 9.50. The van der Waals surface area contributed by atoms with Crippen molar-refractivity contribution in [1.82, 2.24) is 19.7 Å². The molecule has 4 rings (SSSR count). The van der Waals surface area contributed by atoms with Crippen molar-refractivity contribution < 1.29 is 4.57 Å². The fraction of sp³-hybridized carbons (Fsp3) is 0.500. The smallest absolute Gasteiger partial charge is 0.254 e. The van der Waals surface area contributed by atoms with Crippen LogP contribution in [0.3, 0.4) is 0 Å². The van der Waals surface area contributed by atoms with E-state index in [2.05, 4.69) is 69.4 Å². The maximum absolute atomic E-state index is 4.65. The molecule has 0 amide bonds. The highest BCUT2D eigenvalue weighted by molar-refractivity contribution is 5.80. The van der Waals surface area contributed by atoms with E-state index in [1.54, 1.807) is 0 Å². The van der Waals surface area contributed by atoms with E-state index in [-0.39, 0.29) is 0 Å². The topological polar surface area (TPSA) is 38.7 Å². The van der Waals surface area contributed by atoms with Gasteiger partial charge in [-0.25, -0.2) is 9.13 Å². The lowest BCUT2D eigenvalue weighted by atomic mass is 10.1. The second-order valence-corrected chi connectivity index (χ2v) is 6.93. The standard InChI is InChI=1S/C20H28N5/c1-4-23-15(3)24(5-2)20-12-16(6-7-19(20)23)17-13-22-25(14-17)18-8-10-21-11-9-18/h6-7,12-14,18,21H,4-5,8-11H2,1-3H3/q+1. The Bertz CT molecular complexity index is 883. The van der Waals surface area contributed by atoms with Crippen molar-refractivity contribution in [2.75, 3.05) is 13.1 Å². The Balaban J connectivity index is 1.73. The Kier molecular flexibility index (Phi) is 4.34. The number of piperidine rings is 1. The van der Waals surface area contributed by atoms with Crippen LogP contribution in [0.15, 0.2) is 30.6 Å². The van der Waals surface area contributed by atoms with Gasteiger partial charge in [-0.2, -0.15) is 5.10 Å². The van der Waals surface area contributed by atoms with Gasteiger partial charge in [-0.3, -0.25) is 4.68 Å².